The predicted octanol–water partition coefficient (Wildman–Crippen LogP) is 3.93. The second-order valence-corrected chi connectivity index (χ2v) is 9.40. The van der Waals surface area contributed by atoms with Gasteiger partial charge < -0.3 is 24.5 Å². The van der Waals surface area contributed by atoms with Gasteiger partial charge >= 0.3 is 0 Å². The summed E-state index contributed by atoms with van der Waals surface area (Å²) in [6.45, 7) is 8.05. The average Bonchev–Trinajstić information content (AvgIpc) is 3.38. The number of hydrogen-bond donors (Lipinski definition) is 2. The lowest BCUT2D eigenvalue weighted by Gasteiger charge is -2.39. The molecule has 0 spiro atoms. The van der Waals surface area contributed by atoms with Gasteiger partial charge in [0.15, 0.2) is 0 Å². The number of nitrogens with zero attached hydrogens (tertiary/aromatic N) is 3. The Morgan fingerprint density at radius 3 is 2.61 bits per heavy atom. The maximum absolute atomic E-state index is 12.6. The third kappa shape index (κ3) is 4.43. The molecular formula is C28H29N5O3. The van der Waals surface area contributed by atoms with Crippen molar-refractivity contribution in [2.75, 3.05) is 31.6 Å². The molecule has 1 aliphatic heterocycles. The number of ether oxygens (including phenoxy) is 1. The first-order valence-electron chi connectivity index (χ1n) is 11.9. The van der Waals surface area contributed by atoms with Crippen LogP contribution in [0.1, 0.15) is 17.3 Å². The fraction of sp³-hybridized carbons (Fsp3) is 0.250. The summed E-state index contributed by atoms with van der Waals surface area (Å²) in [5.41, 5.74) is 3.94. The fourth-order valence-electron chi connectivity index (χ4n) is 4.40. The highest BCUT2D eigenvalue weighted by atomic mass is 16.5. The number of nitrogens with one attached hydrogen (secondary N) is 2. The van der Waals surface area contributed by atoms with Crippen LogP contribution in [0.25, 0.3) is 21.9 Å². The van der Waals surface area contributed by atoms with Gasteiger partial charge in [-0.25, -0.2) is 0 Å². The van der Waals surface area contributed by atoms with Crippen molar-refractivity contribution in [2.45, 2.75) is 12.5 Å². The number of aliphatic imine (C=N–C) groups is 1. The number of carbonyl (C=O) groups excluding carboxylic acids is 1. The van der Waals surface area contributed by atoms with Crippen LogP contribution in [-0.2, 0) is 17.3 Å². The fourth-order valence-corrected chi connectivity index (χ4v) is 4.40. The lowest BCUT2D eigenvalue weighted by atomic mass is 10.0. The number of aromatic nitrogens is 2. The van der Waals surface area contributed by atoms with E-state index in [2.05, 4.69) is 29.3 Å². The van der Waals surface area contributed by atoms with Crippen molar-refractivity contribution < 1.29 is 9.53 Å². The highest BCUT2D eigenvalue weighted by Gasteiger charge is 2.35. The molecule has 1 aliphatic rings. The molecule has 0 unspecified atom stereocenters. The van der Waals surface area contributed by atoms with Gasteiger partial charge in [0, 0.05) is 44.1 Å². The number of fused-ring (bicyclic) bond motifs is 1. The number of aryl methyl sites for hydroxylation is 1. The smallest absolute Gasteiger partial charge is 0.258 e. The molecule has 0 aliphatic carbocycles. The molecule has 1 saturated heterocycles. The quantitative estimate of drug-likeness (QED) is 0.294. The first kappa shape index (κ1) is 23.6. The van der Waals surface area contributed by atoms with Gasteiger partial charge in [0.25, 0.3) is 11.5 Å². The first-order chi connectivity index (χ1) is 17.4. The van der Waals surface area contributed by atoms with Crippen LogP contribution in [-0.4, -0.2) is 48.1 Å². The minimum atomic E-state index is -0.118. The predicted molar refractivity (Wildman–Crippen MR) is 144 cm³/mol. The number of benzene rings is 2. The van der Waals surface area contributed by atoms with Gasteiger partial charge in [-0.3, -0.25) is 14.6 Å². The van der Waals surface area contributed by atoms with Crippen molar-refractivity contribution >= 4 is 34.8 Å². The van der Waals surface area contributed by atoms with Gasteiger partial charge in [-0.1, -0.05) is 18.2 Å². The minimum Gasteiger partial charge on any atom is -0.382 e. The molecule has 184 valence electrons. The van der Waals surface area contributed by atoms with E-state index in [-0.39, 0.29) is 17.0 Å². The van der Waals surface area contributed by atoms with E-state index in [1.807, 2.05) is 65.5 Å². The number of rotatable bonds is 8. The summed E-state index contributed by atoms with van der Waals surface area (Å²) in [5.74, 6) is -0.118. The summed E-state index contributed by atoms with van der Waals surface area (Å²) in [6, 6.07) is 15.5. The Balaban J connectivity index is 1.26. The number of pyridine rings is 1. The van der Waals surface area contributed by atoms with E-state index in [0.29, 0.717) is 37.3 Å². The van der Waals surface area contributed by atoms with Crippen LogP contribution in [0.15, 0.2) is 76.9 Å². The summed E-state index contributed by atoms with van der Waals surface area (Å²) in [6.07, 6.45) is 5.56. The number of hydrogen-bond acceptors (Lipinski definition) is 5. The van der Waals surface area contributed by atoms with Gasteiger partial charge in [0.1, 0.15) is 0 Å². The van der Waals surface area contributed by atoms with Crippen LogP contribution in [0.4, 0.5) is 11.4 Å². The molecule has 2 N–H and O–H groups in total. The summed E-state index contributed by atoms with van der Waals surface area (Å²) in [7, 11) is 1.75. The van der Waals surface area contributed by atoms with E-state index >= 15 is 0 Å². The first-order valence-corrected chi connectivity index (χ1v) is 11.9. The van der Waals surface area contributed by atoms with Crippen LogP contribution in [0.3, 0.4) is 0 Å². The highest BCUT2D eigenvalue weighted by molar-refractivity contribution is 5.94. The Bertz CT molecular complexity index is 1510. The molecule has 0 saturated carbocycles. The summed E-state index contributed by atoms with van der Waals surface area (Å²) in [4.78, 5) is 29.3. The second-order valence-electron chi connectivity index (χ2n) is 9.40. The van der Waals surface area contributed by atoms with Gasteiger partial charge in [0.05, 0.1) is 35.7 Å². The molecular weight excluding hydrogens is 454 g/mol. The molecule has 5 rings (SSSR count). The van der Waals surface area contributed by atoms with E-state index in [1.54, 1.807) is 17.8 Å². The Labute approximate surface area is 209 Å². The second kappa shape index (κ2) is 9.47. The molecule has 2 aromatic carbocycles. The largest absolute Gasteiger partial charge is 0.382 e. The molecule has 36 heavy (non-hydrogen) atoms. The molecule has 1 amide bonds. The van der Waals surface area contributed by atoms with E-state index < -0.39 is 0 Å². The van der Waals surface area contributed by atoms with Crippen molar-refractivity contribution in [3.63, 3.8) is 0 Å². The lowest BCUT2D eigenvalue weighted by Crippen LogP contribution is -2.48. The Kier molecular flexibility index (Phi) is 6.20. The number of anilines is 1. The maximum Gasteiger partial charge on any atom is 0.258 e. The van der Waals surface area contributed by atoms with Gasteiger partial charge in [-0.2, -0.15) is 0 Å². The lowest BCUT2D eigenvalue weighted by molar-refractivity contribution is -0.0895. The number of carbonyl (C=O) groups is 1. The summed E-state index contributed by atoms with van der Waals surface area (Å²) in [5, 5.41) is 7.89. The van der Waals surface area contributed by atoms with Gasteiger partial charge in [-0.05, 0) is 60.5 Å². The molecule has 8 nitrogen and oxygen atoms in total. The molecule has 0 bridgehead atoms. The zero-order valence-corrected chi connectivity index (χ0v) is 20.5. The van der Waals surface area contributed by atoms with E-state index in [1.165, 1.54) is 0 Å². The van der Waals surface area contributed by atoms with Crippen molar-refractivity contribution in [3.8, 4) is 11.1 Å². The van der Waals surface area contributed by atoms with E-state index in [4.69, 9.17) is 4.74 Å². The SMILES string of the molecule is C=Nc1ccc(-c2ccc3ccn(C)c(=O)c3c2)cc1NCCNC(=O)c1ccn(C2(C)COC2)c1. The molecule has 1 fully saturated rings. The Hall–Kier alpha value is -4.17. The normalized spacial score (nSPS) is 14.3. The Morgan fingerprint density at radius 2 is 1.86 bits per heavy atom. The molecule has 3 heterocycles. The summed E-state index contributed by atoms with van der Waals surface area (Å²) >= 11 is 0. The van der Waals surface area contributed by atoms with Crippen molar-refractivity contribution in [2.24, 2.45) is 12.0 Å². The molecule has 8 heteroatoms. The standard InChI is InChI=1S/C28H29N5O3/c1-28(17-36-18-28)33-13-9-22(16-33)26(34)31-11-10-30-25-15-21(6-7-24(25)29-2)20-5-4-19-8-12-32(3)27(35)23(19)14-20/h4-9,12-16,30H,2,10-11,17-18H2,1,3H3,(H,31,34). The van der Waals surface area contributed by atoms with Crippen LogP contribution < -0.4 is 16.2 Å². The van der Waals surface area contributed by atoms with Crippen molar-refractivity contribution in [3.05, 3.63) is 83.0 Å². The topological polar surface area (TPSA) is 89.7 Å². The van der Waals surface area contributed by atoms with Gasteiger partial charge in [-0.15, -0.1) is 0 Å². The zero-order valence-electron chi connectivity index (χ0n) is 20.5. The van der Waals surface area contributed by atoms with Crippen molar-refractivity contribution in [1.82, 2.24) is 14.5 Å². The molecule has 4 aromatic rings. The highest BCUT2D eigenvalue weighted by Crippen LogP contribution is 2.31. The van der Waals surface area contributed by atoms with Crippen LogP contribution in [0.2, 0.25) is 0 Å². The Morgan fingerprint density at radius 1 is 1.08 bits per heavy atom. The average molecular weight is 484 g/mol. The molecule has 0 atom stereocenters. The third-order valence-electron chi connectivity index (χ3n) is 6.71. The maximum atomic E-state index is 12.6. The van der Waals surface area contributed by atoms with Gasteiger partial charge in [0.2, 0.25) is 0 Å². The monoisotopic (exact) mass is 483 g/mol. The van der Waals surface area contributed by atoms with Crippen LogP contribution in [0.5, 0.6) is 0 Å². The third-order valence-corrected chi connectivity index (χ3v) is 6.71. The molecule has 0 radical (unpaired) electrons. The zero-order chi connectivity index (χ0) is 25.3. The minimum absolute atomic E-state index is 0.0294. The van der Waals surface area contributed by atoms with Crippen LogP contribution >= 0.6 is 0 Å². The van der Waals surface area contributed by atoms with Crippen molar-refractivity contribution in [1.29, 1.82) is 0 Å². The van der Waals surface area contributed by atoms with E-state index in [9.17, 15) is 9.59 Å². The van der Waals surface area contributed by atoms with E-state index in [0.717, 1.165) is 27.9 Å². The molecule has 2 aromatic heterocycles. The summed E-state index contributed by atoms with van der Waals surface area (Å²) < 4.78 is 8.93. The van der Waals surface area contributed by atoms with Crippen LogP contribution in [0, 0.1) is 0 Å². The number of amides is 1.